The van der Waals surface area contributed by atoms with Gasteiger partial charge in [-0.15, -0.1) is 11.3 Å². The average molecular weight is 259 g/mol. The lowest BCUT2D eigenvalue weighted by Crippen LogP contribution is -2.34. The summed E-state index contributed by atoms with van der Waals surface area (Å²) in [7, 11) is 0. The standard InChI is InChI=1S/C15H17NOS/c1-3-12(15-5-2-10-18-15)11-14(4-1)17-13-6-8-16-9-7-13/h1-5,10-11,13,16H,6-9H2. The normalized spacial score (nSPS) is 16.7. The molecule has 0 aliphatic carbocycles. The van der Waals surface area contributed by atoms with Gasteiger partial charge in [-0.2, -0.15) is 0 Å². The third kappa shape index (κ3) is 2.74. The van der Waals surface area contributed by atoms with Gasteiger partial charge in [-0.1, -0.05) is 18.2 Å². The monoisotopic (exact) mass is 259 g/mol. The molecule has 1 aliphatic rings. The number of hydrogen-bond acceptors (Lipinski definition) is 3. The van der Waals surface area contributed by atoms with E-state index in [1.54, 1.807) is 11.3 Å². The maximum atomic E-state index is 6.06. The molecule has 1 fully saturated rings. The van der Waals surface area contributed by atoms with Crippen LogP contribution in [0.2, 0.25) is 0 Å². The molecule has 1 aromatic carbocycles. The van der Waals surface area contributed by atoms with Crippen LogP contribution in [0.15, 0.2) is 41.8 Å². The molecule has 0 bridgehead atoms. The summed E-state index contributed by atoms with van der Waals surface area (Å²) in [5.41, 5.74) is 1.25. The molecule has 3 heteroatoms. The van der Waals surface area contributed by atoms with Gasteiger partial charge in [0.25, 0.3) is 0 Å². The number of ether oxygens (including phenoxy) is 1. The molecule has 0 atom stereocenters. The van der Waals surface area contributed by atoms with Gasteiger partial charge in [-0.3, -0.25) is 0 Å². The van der Waals surface area contributed by atoms with E-state index >= 15 is 0 Å². The van der Waals surface area contributed by atoms with E-state index in [4.69, 9.17) is 4.74 Å². The lowest BCUT2D eigenvalue weighted by Gasteiger charge is -2.24. The molecule has 18 heavy (non-hydrogen) atoms. The van der Waals surface area contributed by atoms with E-state index in [-0.39, 0.29) is 0 Å². The van der Waals surface area contributed by atoms with Crippen molar-refractivity contribution in [3.05, 3.63) is 41.8 Å². The number of benzene rings is 1. The zero-order valence-electron chi connectivity index (χ0n) is 10.3. The molecule has 0 radical (unpaired) electrons. The average Bonchev–Trinajstić information content (AvgIpc) is 2.94. The van der Waals surface area contributed by atoms with Crippen LogP contribution in [-0.2, 0) is 0 Å². The van der Waals surface area contributed by atoms with E-state index in [0.717, 1.165) is 31.7 Å². The summed E-state index contributed by atoms with van der Waals surface area (Å²) in [5.74, 6) is 0.993. The Morgan fingerprint density at radius 2 is 2.00 bits per heavy atom. The topological polar surface area (TPSA) is 21.3 Å². The minimum absolute atomic E-state index is 0.366. The Balaban J connectivity index is 1.74. The van der Waals surface area contributed by atoms with Crippen molar-refractivity contribution in [3.63, 3.8) is 0 Å². The lowest BCUT2D eigenvalue weighted by atomic mass is 10.1. The maximum absolute atomic E-state index is 6.06. The van der Waals surface area contributed by atoms with Crippen molar-refractivity contribution in [2.45, 2.75) is 18.9 Å². The molecule has 94 valence electrons. The lowest BCUT2D eigenvalue weighted by molar-refractivity contribution is 0.162. The van der Waals surface area contributed by atoms with Gasteiger partial charge in [-0.05, 0) is 55.1 Å². The Bertz CT molecular complexity index is 489. The highest BCUT2D eigenvalue weighted by molar-refractivity contribution is 7.13. The Labute approximate surface area is 112 Å². The molecule has 0 amide bonds. The van der Waals surface area contributed by atoms with Crippen LogP contribution in [0, 0.1) is 0 Å². The summed E-state index contributed by atoms with van der Waals surface area (Å²) >= 11 is 1.77. The number of thiophene rings is 1. The molecule has 2 heterocycles. The first-order chi connectivity index (χ1) is 8.92. The molecule has 0 saturated carbocycles. The Kier molecular flexibility index (Phi) is 3.62. The van der Waals surface area contributed by atoms with Crippen molar-refractivity contribution in [2.75, 3.05) is 13.1 Å². The van der Waals surface area contributed by atoms with Crippen LogP contribution in [-0.4, -0.2) is 19.2 Å². The first-order valence-electron chi connectivity index (χ1n) is 6.43. The second-order valence-electron chi connectivity index (χ2n) is 4.57. The van der Waals surface area contributed by atoms with Crippen molar-refractivity contribution in [2.24, 2.45) is 0 Å². The van der Waals surface area contributed by atoms with Gasteiger partial charge in [0.2, 0.25) is 0 Å². The highest BCUT2D eigenvalue weighted by atomic mass is 32.1. The fourth-order valence-corrected chi connectivity index (χ4v) is 3.00. The van der Waals surface area contributed by atoms with Crippen LogP contribution in [0.5, 0.6) is 5.75 Å². The van der Waals surface area contributed by atoms with Gasteiger partial charge in [0.15, 0.2) is 0 Å². The fourth-order valence-electron chi connectivity index (χ4n) is 2.27. The van der Waals surface area contributed by atoms with Crippen LogP contribution >= 0.6 is 11.3 Å². The predicted molar refractivity (Wildman–Crippen MR) is 76.3 cm³/mol. The van der Waals surface area contributed by atoms with Crippen LogP contribution in [0.25, 0.3) is 10.4 Å². The predicted octanol–water partition coefficient (Wildman–Crippen LogP) is 3.55. The quantitative estimate of drug-likeness (QED) is 0.910. The van der Waals surface area contributed by atoms with E-state index < -0.39 is 0 Å². The fraction of sp³-hybridized carbons (Fsp3) is 0.333. The van der Waals surface area contributed by atoms with Crippen LogP contribution in [0.4, 0.5) is 0 Å². The molecule has 2 nitrogen and oxygen atoms in total. The molecule has 3 rings (SSSR count). The summed E-state index contributed by atoms with van der Waals surface area (Å²) in [6.45, 7) is 2.13. The third-order valence-corrected chi connectivity index (χ3v) is 4.15. The van der Waals surface area contributed by atoms with Crippen molar-refractivity contribution < 1.29 is 4.74 Å². The summed E-state index contributed by atoms with van der Waals surface area (Å²) in [5, 5.41) is 5.46. The van der Waals surface area contributed by atoms with Crippen LogP contribution in [0.1, 0.15) is 12.8 Å². The molecule has 1 N–H and O–H groups in total. The summed E-state index contributed by atoms with van der Waals surface area (Å²) < 4.78 is 6.06. The van der Waals surface area contributed by atoms with Crippen molar-refractivity contribution >= 4 is 11.3 Å². The highest BCUT2D eigenvalue weighted by Crippen LogP contribution is 2.28. The van der Waals surface area contributed by atoms with E-state index in [1.807, 2.05) is 0 Å². The maximum Gasteiger partial charge on any atom is 0.120 e. The van der Waals surface area contributed by atoms with Crippen LogP contribution in [0.3, 0.4) is 0 Å². The van der Waals surface area contributed by atoms with Gasteiger partial charge in [0.05, 0.1) is 0 Å². The first-order valence-corrected chi connectivity index (χ1v) is 7.31. The second kappa shape index (κ2) is 5.55. The van der Waals surface area contributed by atoms with Gasteiger partial charge >= 0.3 is 0 Å². The largest absolute Gasteiger partial charge is 0.490 e. The summed E-state index contributed by atoms with van der Waals surface area (Å²) in [6, 6.07) is 12.6. The molecule has 0 unspecified atom stereocenters. The zero-order valence-corrected chi connectivity index (χ0v) is 11.1. The summed E-state index contributed by atoms with van der Waals surface area (Å²) in [6.07, 6.45) is 2.57. The minimum atomic E-state index is 0.366. The van der Waals surface area contributed by atoms with Gasteiger partial charge in [0, 0.05) is 4.88 Å². The van der Waals surface area contributed by atoms with E-state index in [2.05, 4.69) is 47.1 Å². The molecule has 1 aliphatic heterocycles. The molecule has 0 spiro atoms. The SMILES string of the molecule is c1cc(OC2CCNCC2)cc(-c2cccs2)c1. The van der Waals surface area contributed by atoms with E-state index in [1.165, 1.54) is 10.4 Å². The molecular weight excluding hydrogens is 242 g/mol. The second-order valence-corrected chi connectivity index (χ2v) is 5.52. The van der Waals surface area contributed by atoms with E-state index in [0.29, 0.717) is 6.10 Å². The van der Waals surface area contributed by atoms with E-state index in [9.17, 15) is 0 Å². The third-order valence-electron chi connectivity index (χ3n) is 3.23. The Hall–Kier alpha value is -1.32. The van der Waals surface area contributed by atoms with Crippen molar-refractivity contribution in [1.82, 2.24) is 5.32 Å². The summed E-state index contributed by atoms with van der Waals surface area (Å²) in [4.78, 5) is 1.30. The molecule has 1 saturated heterocycles. The van der Waals surface area contributed by atoms with Gasteiger partial charge < -0.3 is 10.1 Å². The van der Waals surface area contributed by atoms with Crippen LogP contribution < -0.4 is 10.1 Å². The number of rotatable bonds is 3. The van der Waals surface area contributed by atoms with Gasteiger partial charge in [-0.25, -0.2) is 0 Å². The van der Waals surface area contributed by atoms with Gasteiger partial charge in [0.1, 0.15) is 11.9 Å². The highest BCUT2D eigenvalue weighted by Gasteiger charge is 2.14. The number of hydrogen-bond donors (Lipinski definition) is 1. The Morgan fingerprint density at radius 1 is 1.11 bits per heavy atom. The smallest absolute Gasteiger partial charge is 0.120 e. The number of nitrogens with one attached hydrogen (secondary N) is 1. The zero-order chi connectivity index (χ0) is 12.2. The first kappa shape index (κ1) is 11.8. The minimum Gasteiger partial charge on any atom is -0.490 e. The number of piperidine rings is 1. The van der Waals surface area contributed by atoms with Crippen molar-refractivity contribution in [3.8, 4) is 16.2 Å². The molecule has 2 aromatic rings. The van der Waals surface area contributed by atoms with Crippen molar-refractivity contribution in [1.29, 1.82) is 0 Å². The molecular formula is C15H17NOS. The Morgan fingerprint density at radius 3 is 2.78 bits per heavy atom. The molecule has 1 aromatic heterocycles.